The lowest BCUT2D eigenvalue weighted by Crippen LogP contribution is -2.51. The van der Waals surface area contributed by atoms with E-state index in [0.717, 1.165) is 48.1 Å². The number of likely N-dealkylation sites (tertiary alicyclic amines) is 1. The number of fused-ring (bicyclic) bond motifs is 2. The first-order valence-electron chi connectivity index (χ1n) is 15.9. The number of esters is 1. The summed E-state index contributed by atoms with van der Waals surface area (Å²) in [6.07, 6.45) is 13.3. The van der Waals surface area contributed by atoms with Crippen molar-refractivity contribution in [2.75, 3.05) is 19.7 Å². The van der Waals surface area contributed by atoms with Gasteiger partial charge in [0.1, 0.15) is 6.61 Å². The van der Waals surface area contributed by atoms with E-state index in [-0.39, 0.29) is 37.3 Å². The molecule has 10 heteroatoms. The standard InChI is InChI=1S/C35H34N4O6/c1-3-5-6-7-8-9-14-38-32(41)21-12-10-19-28-26(21)23(34(38)43)17-36-30(28)20-11-13-22-27-24(18-37-31(19)29(20)27)35(44)39(33(22)42)15-16-45-25(40)4-2/h10-13,17-18,26,28H,3-9,14-16H2,1-2H3. The molecule has 4 heterocycles. The number of hydrogen-bond donors (Lipinski definition) is 0. The summed E-state index contributed by atoms with van der Waals surface area (Å²) in [6, 6.07) is 3.51. The first-order chi connectivity index (χ1) is 21.9. The van der Waals surface area contributed by atoms with Crippen molar-refractivity contribution in [1.82, 2.24) is 14.8 Å². The van der Waals surface area contributed by atoms with Crippen LogP contribution in [0, 0.1) is 11.8 Å². The van der Waals surface area contributed by atoms with Crippen LogP contribution in [0.2, 0.25) is 0 Å². The maximum atomic E-state index is 13.7. The highest BCUT2D eigenvalue weighted by atomic mass is 16.5. The highest BCUT2D eigenvalue weighted by Crippen LogP contribution is 2.52. The number of aromatic nitrogens is 1. The fourth-order valence-corrected chi connectivity index (χ4v) is 7.31. The number of rotatable bonds is 11. The maximum Gasteiger partial charge on any atom is 0.305 e. The predicted octanol–water partition coefficient (Wildman–Crippen LogP) is 4.77. The molecule has 2 unspecified atom stereocenters. The molecular weight excluding hydrogens is 572 g/mol. The summed E-state index contributed by atoms with van der Waals surface area (Å²) in [5.74, 6) is -2.76. The Kier molecular flexibility index (Phi) is 7.30. The van der Waals surface area contributed by atoms with Gasteiger partial charge >= 0.3 is 5.97 Å². The molecule has 3 aliphatic heterocycles. The Balaban J connectivity index is 1.25. The molecule has 0 saturated carbocycles. The normalized spacial score (nSPS) is 20.9. The quantitative estimate of drug-likeness (QED) is 0.205. The Labute approximate surface area is 260 Å². The molecule has 0 radical (unpaired) electrons. The molecule has 0 spiro atoms. The van der Waals surface area contributed by atoms with Crippen LogP contribution in [-0.2, 0) is 19.1 Å². The lowest BCUT2D eigenvalue weighted by atomic mass is 9.63. The van der Waals surface area contributed by atoms with Crippen molar-refractivity contribution in [3.8, 4) is 0 Å². The van der Waals surface area contributed by atoms with Crippen molar-refractivity contribution in [1.29, 1.82) is 0 Å². The number of nitrogens with zero attached hydrogens (tertiary/aromatic N) is 4. The number of ether oxygens (including phenoxy) is 1. The SMILES string of the molecule is CCCCCCCCN1C(=O)C2=CC=C3c4ncc5c6c(ccc(c46)C4=NC=C(C1=O)C2C34)C(=O)N(CCOC(=O)CC)C5=O. The third kappa shape index (κ3) is 4.41. The van der Waals surface area contributed by atoms with Gasteiger partial charge in [-0.25, -0.2) is 0 Å². The van der Waals surface area contributed by atoms with Gasteiger partial charge < -0.3 is 4.74 Å². The molecule has 7 rings (SSSR count). The van der Waals surface area contributed by atoms with Crippen molar-refractivity contribution in [2.45, 2.75) is 58.8 Å². The number of benzene rings is 1. The van der Waals surface area contributed by atoms with Crippen molar-refractivity contribution in [3.05, 3.63) is 70.2 Å². The topological polar surface area (TPSA) is 126 Å². The van der Waals surface area contributed by atoms with Crippen LogP contribution in [0.1, 0.15) is 90.8 Å². The maximum absolute atomic E-state index is 13.7. The second kappa shape index (κ2) is 11.3. The molecule has 1 saturated heterocycles. The van der Waals surface area contributed by atoms with Gasteiger partial charge in [-0.2, -0.15) is 0 Å². The van der Waals surface area contributed by atoms with E-state index < -0.39 is 23.7 Å². The molecule has 0 bridgehead atoms. The third-order valence-corrected chi connectivity index (χ3v) is 9.54. The van der Waals surface area contributed by atoms with Crippen LogP contribution in [0.3, 0.4) is 0 Å². The second-order valence-corrected chi connectivity index (χ2v) is 12.1. The number of carbonyl (C=O) groups excluding carboxylic acids is 5. The van der Waals surface area contributed by atoms with Crippen LogP contribution >= 0.6 is 0 Å². The number of pyridine rings is 1. The van der Waals surface area contributed by atoms with Gasteiger partial charge in [0.15, 0.2) is 0 Å². The number of unbranched alkanes of at least 4 members (excludes halogenated alkanes) is 5. The van der Waals surface area contributed by atoms with Gasteiger partial charge in [-0.3, -0.25) is 43.7 Å². The van der Waals surface area contributed by atoms with E-state index in [9.17, 15) is 24.0 Å². The Morgan fingerprint density at radius 1 is 0.756 bits per heavy atom. The zero-order valence-electron chi connectivity index (χ0n) is 25.4. The minimum atomic E-state index is -0.500. The van der Waals surface area contributed by atoms with Gasteiger partial charge in [-0.05, 0) is 18.1 Å². The number of imide groups is 2. The van der Waals surface area contributed by atoms with Crippen LogP contribution in [-0.4, -0.2) is 69.8 Å². The van der Waals surface area contributed by atoms with E-state index in [4.69, 9.17) is 14.7 Å². The largest absolute Gasteiger partial charge is 0.464 e. The number of amides is 4. The molecule has 2 atom stereocenters. The summed E-state index contributed by atoms with van der Waals surface area (Å²) in [6.45, 7) is 4.09. The van der Waals surface area contributed by atoms with E-state index in [1.165, 1.54) is 17.5 Å². The highest BCUT2D eigenvalue weighted by molar-refractivity contribution is 6.32. The molecule has 4 amide bonds. The van der Waals surface area contributed by atoms with E-state index in [1.54, 1.807) is 25.3 Å². The monoisotopic (exact) mass is 606 g/mol. The Morgan fingerprint density at radius 3 is 2.24 bits per heavy atom. The lowest BCUT2D eigenvalue weighted by molar-refractivity contribution is -0.144. The Hall–Kier alpha value is -4.73. The lowest BCUT2D eigenvalue weighted by Gasteiger charge is -2.44. The number of aliphatic imine (C=N–C) groups is 1. The fourth-order valence-electron chi connectivity index (χ4n) is 7.31. The summed E-state index contributed by atoms with van der Waals surface area (Å²) in [4.78, 5) is 78.1. The van der Waals surface area contributed by atoms with Crippen molar-refractivity contribution >= 4 is 51.7 Å². The third-order valence-electron chi connectivity index (χ3n) is 9.54. The number of hydrogen-bond acceptors (Lipinski definition) is 8. The summed E-state index contributed by atoms with van der Waals surface area (Å²) in [5, 5.41) is 1.18. The van der Waals surface area contributed by atoms with Gasteiger partial charge in [-0.15, -0.1) is 0 Å². The molecule has 5 aliphatic rings. The van der Waals surface area contributed by atoms with Crippen LogP contribution in [0.15, 0.2) is 52.8 Å². The minimum absolute atomic E-state index is 0.0610. The van der Waals surface area contributed by atoms with Crippen LogP contribution < -0.4 is 0 Å². The van der Waals surface area contributed by atoms with Gasteiger partial charge in [0, 0.05) is 70.2 Å². The number of allylic oxidation sites excluding steroid dienone is 3. The van der Waals surface area contributed by atoms with E-state index >= 15 is 0 Å². The number of carbonyl (C=O) groups is 5. The zero-order valence-corrected chi connectivity index (χ0v) is 25.4. The Morgan fingerprint density at radius 2 is 1.44 bits per heavy atom. The molecule has 45 heavy (non-hydrogen) atoms. The smallest absolute Gasteiger partial charge is 0.305 e. The minimum Gasteiger partial charge on any atom is -0.464 e. The van der Waals surface area contributed by atoms with Gasteiger partial charge in [0.05, 0.1) is 23.5 Å². The van der Waals surface area contributed by atoms with Gasteiger partial charge in [-0.1, -0.05) is 64.2 Å². The molecule has 2 aliphatic carbocycles. The second-order valence-electron chi connectivity index (χ2n) is 12.1. The van der Waals surface area contributed by atoms with Crippen molar-refractivity contribution < 1.29 is 28.7 Å². The van der Waals surface area contributed by atoms with Crippen molar-refractivity contribution in [3.63, 3.8) is 0 Å². The number of piperidine rings is 1. The summed E-state index contributed by atoms with van der Waals surface area (Å²) in [5.41, 5.74) is 4.58. The van der Waals surface area contributed by atoms with E-state index in [1.807, 2.05) is 12.1 Å². The van der Waals surface area contributed by atoms with Gasteiger partial charge in [0.25, 0.3) is 23.6 Å². The first-order valence-corrected chi connectivity index (χ1v) is 15.9. The zero-order chi connectivity index (χ0) is 31.4. The summed E-state index contributed by atoms with van der Waals surface area (Å²) < 4.78 is 5.13. The summed E-state index contributed by atoms with van der Waals surface area (Å²) in [7, 11) is 0. The Bertz CT molecular complexity index is 1730. The van der Waals surface area contributed by atoms with Crippen molar-refractivity contribution in [2.24, 2.45) is 16.8 Å². The fraction of sp³-hybridized carbons (Fsp3) is 0.400. The molecule has 0 N–H and O–H groups in total. The van der Waals surface area contributed by atoms with E-state index in [2.05, 4.69) is 6.92 Å². The predicted molar refractivity (Wildman–Crippen MR) is 166 cm³/mol. The van der Waals surface area contributed by atoms with E-state index in [0.29, 0.717) is 51.0 Å². The van der Waals surface area contributed by atoms with Crippen LogP contribution in [0.25, 0.3) is 16.3 Å². The first kappa shape index (κ1) is 29.0. The van der Waals surface area contributed by atoms with Crippen LogP contribution in [0.4, 0.5) is 0 Å². The molecular formula is C35H34N4O6. The highest BCUT2D eigenvalue weighted by Gasteiger charge is 2.52. The van der Waals surface area contributed by atoms with Crippen LogP contribution in [0.5, 0.6) is 0 Å². The van der Waals surface area contributed by atoms with Gasteiger partial charge in [0.2, 0.25) is 0 Å². The molecule has 230 valence electrons. The summed E-state index contributed by atoms with van der Waals surface area (Å²) >= 11 is 0. The molecule has 1 aromatic carbocycles. The molecule has 1 aromatic heterocycles. The average molecular weight is 607 g/mol. The average Bonchev–Trinajstić information content (AvgIpc) is 3.06. The molecule has 1 fully saturated rings. The molecule has 10 nitrogen and oxygen atoms in total. The molecule has 2 aromatic rings.